The summed E-state index contributed by atoms with van der Waals surface area (Å²) in [6.07, 6.45) is 5.74. The third-order valence-corrected chi connectivity index (χ3v) is 5.10. The molecule has 2 aromatic rings. The number of hydrogen-bond donors (Lipinski definition) is 2. The number of amides is 1. The van der Waals surface area contributed by atoms with Gasteiger partial charge in [-0.3, -0.25) is 4.98 Å². The first-order valence-electron chi connectivity index (χ1n) is 9.03. The number of nitrogens with zero attached hydrogens (tertiary/aromatic N) is 5. The lowest BCUT2D eigenvalue weighted by molar-refractivity contribution is 0.130. The fourth-order valence-corrected chi connectivity index (χ4v) is 3.59. The van der Waals surface area contributed by atoms with E-state index in [1.165, 1.54) is 11.2 Å². The molecular weight excluding hydrogens is 348 g/mol. The van der Waals surface area contributed by atoms with Crippen molar-refractivity contribution in [1.82, 2.24) is 19.9 Å². The molecule has 9 heteroatoms. The molecule has 0 saturated carbocycles. The maximum Gasteiger partial charge on any atom is 0.407 e. The van der Waals surface area contributed by atoms with Crippen molar-refractivity contribution in [3.05, 3.63) is 30.4 Å². The van der Waals surface area contributed by atoms with Crippen LogP contribution in [0.1, 0.15) is 18.4 Å². The molecule has 142 valence electrons. The Morgan fingerprint density at radius 1 is 1.30 bits per heavy atom. The number of hydrogen-bond acceptors (Lipinski definition) is 7. The SMILES string of the molecule is Cc1ccncc1Nc1ncnc2c1OCCN2C1CCN(C(=O)O)CC1. The first-order valence-corrected chi connectivity index (χ1v) is 9.03. The zero-order chi connectivity index (χ0) is 18.8. The summed E-state index contributed by atoms with van der Waals surface area (Å²) in [6, 6.07) is 2.17. The number of rotatable bonds is 3. The van der Waals surface area contributed by atoms with Gasteiger partial charge < -0.3 is 25.0 Å². The fourth-order valence-electron chi connectivity index (χ4n) is 3.59. The zero-order valence-corrected chi connectivity index (χ0v) is 15.1. The summed E-state index contributed by atoms with van der Waals surface area (Å²) in [5.74, 6) is 2.01. The number of nitrogens with one attached hydrogen (secondary N) is 1. The summed E-state index contributed by atoms with van der Waals surface area (Å²) in [6.45, 7) is 4.35. The molecule has 4 rings (SSSR count). The van der Waals surface area contributed by atoms with Crippen LogP contribution in [0.4, 0.5) is 22.1 Å². The summed E-state index contributed by atoms with van der Waals surface area (Å²) < 4.78 is 5.89. The summed E-state index contributed by atoms with van der Waals surface area (Å²) in [5.41, 5.74) is 1.93. The highest BCUT2D eigenvalue weighted by molar-refractivity contribution is 5.72. The summed E-state index contributed by atoms with van der Waals surface area (Å²) in [5, 5.41) is 12.4. The van der Waals surface area contributed by atoms with Crippen molar-refractivity contribution < 1.29 is 14.6 Å². The van der Waals surface area contributed by atoms with Crippen LogP contribution in [0.25, 0.3) is 0 Å². The summed E-state index contributed by atoms with van der Waals surface area (Å²) in [7, 11) is 0. The molecule has 1 saturated heterocycles. The van der Waals surface area contributed by atoms with Crippen molar-refractivity contribution in [1.29, 1.82) is 0 Å². The molecule has 2 aliphatic rings. The number of fused-ring (bicyclic) bond motifs is 1. The minimum atomic E-state index is -0.850. The number of carbonyl (C=O) groups is 1. The number of anilines is 3. The lowest BCUT2D eigenvalue weighted by Gasteiger charge is -2.40. The van der Waals surface area contributed by atoms with E-state index >= 15 is 0 Å². The molecule has 2 aromatic heterocycles. The number of likely N-dealkylation sites (tertiary alicyclic amines) is 1. The molecule has 0 atom stereocenters. The van der Waals surface area contributed by atoms with Crippen LogP contribution in [-0.4, -0.2) is 63.3 Å². The molecule has 27 heavy (non-hydrogen) atoms. The average molecular weight is 370 g/mol. The monoisotopic (exact) mass is 370 g/mol. The van der Waals surface area contributed by atoms with E-state index in [0.29, 0.717) is 31.3 Å². The highest BCUT2D eigenvalue weighted by Crippen LogP contribution is 2.38. The van der Waals surface area contributed by atoms with Gasteiger partial charge in [0, 0.05) is 25.3 Å². The number of aryl methyl sites for hydroxylation is 1. The van der Waals surface area contributed by atoms with Gasteiger partial charge in [0.25, 0.3) is 0 Å². The van der Waals surface area contributed by atoms with Gasteiger partial charge in [-0.1, -0.05) is 0 Å². The van der Waals surface area contributed by atoms with Gasteiger partial charge in [0.15, 0.2) is 11.6 Å². The highest BCUT2D eigenvalue weighted by atomic mass is 16.5. The number of carboxylic acid groups (broad SMARTS) is 1. The molecule has 2 N–H and O–H groups in total. The van der Waals surface area contributed by atoms with Crippen LogP contribution in [0.2, 0.25) is 0 Å². The Balaban J connectivity index is 1.57. The van der Waals surface area contributed by atoms with E-state index in [2.05, 4.69) is 25.2 Å². The van der Waals surface area contributed by atoms with Gasteiger partial charge in [0.2, 0.25) is 5.75 Å². The number of ether oxygens (including phenoxy) is 1. The topological polar surface area (TPSA) is 104 Å². The Morgan fingerprint density at radius 3 is 2.85 bits per heavy atom. The van der Waals surface area contributed by atoms with Crippen molar-refractivity contribution in [3.8, 4) is 5.75 Å². The molecule has 0 radical (unpaired) electrons. The molecule has 0 aromatic carbocycles. The van der Waals surface area contributed by atoms with E-state index in [1.54, 1.807) is 12.4 Å². The quantitative estimate of drug-likeness (QED) is 0.848. The lowest BCUT2D eigenvalue weighted by Crippen LogP contribution is -2.49. The van der Waals surface area contributed by atoms with Gasteiger partial charge in [-0.05, 0) is 31.4 Å². The van der Waals surface area contributed by atoms with Crippen LogP contribution in [-0.2, 0) is 0 Å². The van der Waals surface area contributed by atoms with E-state index in [-0.39, 0.29) is 6.04 Å². The van der Waals surface area contributed by atoms with Crippen LogP contribution in [0.15, 0.2) is 24.8 Å². The normalized spacial score (nSPS) is 17.2. The van der Waals surface area contributed by atoms with Crippen LogP contribution in [0, 0.1) is 6.92 Å². The second kappa shape index (κ2) is 7.26. The second-order valence-electron chi connectivity index (χ2n) is 6.73. The molecule has 1 amide bonds. The smallest absolute Gasteiger partial charge is 0.407 e. The molecule has 9 nitrogen and oxygen atoms in total. The average Bonchev–Trinajstić information content (AvgIpc) is 2.69. The van der Waals surface area contributed by atoms with Crippen molar-refractivity contribution in [3.63, 3.8) is 0 Å². The number of piperidine rings is 1. The molecule has 0 spiro atoms. The number of aromatic nitrogens is 3. The first-order chi connectivity index (χ1) is 13.1. The Labute approximate surface area is 157 Å². The van der Waals surface area contributed by atoms with E-state index in [1.807, 2.05) is 13.0 Å². The molecular formula is C18H22N6O3. The van der Waals surface area contributed by atoms with Crippen LogP contribution < -0.4 is 15.0 Å². The summed E-state index contributed by atoms with van der Waals surface area (Å²) in [4.78, 5) is 27.8. The van der Waals surface area contributed by atoms with E-state index < -0.39 is 6.09 Å². The Bertz CT molecular complexity index is 838. The first kappa shape index (κ1) is 17.3. The van der Waals surface area contributed by atoms with E-state index in [9.17, 15) is 4.79 Å². The van der Waals surface area contributed by atoms with Crippen LogP contribution >= 0.6 is 0 Å². The highest BCUT2D eigenvalue weighted by Gasteiger charge is 2.32. The van der Waals surface area contributed by atoms with Crippen molar-refractivity contribution in [2.45, 2.75) is 25.8 Å². The third-order valence-electron chi connectivity index (χ3n) is 5.10. The lowest BCUT2D eigenvalue weighted by atomic mass is 10.0. The molecule has 0 bridgehead atoms. The minimum absolute atomic E-state index is 0.242. The molecule has 1 fully saturated rings. The largest absolute Gasteiger partial charge is 0.485 e. The third kappa shape index (κ3) is 3.44. The van der Waals surface area contributed by atoms with Gasteiger partial charge in [0.1, 0.15) is 12.9 Å². The van der Waals surface area contributed by atoms with Gasteiger partial charge in [0.05, 0.1) is 18.4 Å². The van der Waals surface area contributed by atoms with Crippen LogP contribution in [0.5, 0.6) is 5.75 Å². The predicted molar refractivity (Wildman–Crippen MR) is 99.7 cm³/mol. The Hall–Kier alpha value is -3.10. The van der Waals surface area contributed by atoms with E-state index in [4.69, 9.17) is 9.84 Å². The zero-order valence-electron chi connectivity index (χ0n) is 15.1. The fraction of sp³-hybridized carbons (Fsp3) is 0.444. The van der Waals surface area contributed by atoms with Crippen molar-refractivity contribution in [2.75, 3.05) is 36.5 Å². The van der Waals surface area contributed by atoms with Gasteiger partial charge in [-0.2, -0.15) is 0 Å². The van der Waals surface area contributed by atoms with Crippen molar-refractivity contribution >= 4 is 23.4 Å². The standard InChI is InChI=1S/C18H22N6O3/c1-12-2-5-19-10-14(12)22-16-15-17(21-11-20-16)24(8-9-27-15)13-3-6-23(7-4-13)18(25)26/h2,5,10-11,13H,3-4,6-9H2,1H3,(H,25,26)(H,20,21,22). The predicted octanol–water partition coefficient (Wildman–Crippen LogP) is 2.26. The Kier molecular flexibility index (Phi) is 4.66. The maximum atomic E-state index is 11.1. The van der Waals surface area contributed by atoms with Crippen molar-refractivity contribution in [2.24, 2.45) is 0 Å². The van der Waals surface area contributed by atoms with E-state index in [0.717, 1.165) is 36.5 Å². The molecule has 0 unspecified atom stereocenters. The maximum absolute atomic E-state index is 11.1. The van der Waals surface area contributed by atoms with Gasteiger partial charge in [-0.25, -0.2) is 14.8 Å². The van der Waals surface area contributed by atoms with Gasteiger partial charge in [-0.15, -0.1) is 0 Å². The van der Waals surface area contributed by atoms with Gasteiger partial charge >= 0.3 is 6.09 Å². The molecule has 0 aliphatic carbocycles. The second-order valence-corrected chi connectivity index (χ2v) is 6.73. The molecule has 2 aliphatic heterocycles. The molecule has 4 heterocycles. The Morgan fingerprint density at radius 2 is 2.11 bits per heavy atom. The minimum Gasteiger partial charge on any atom is -0.485 e. The van der Waals surface area contributed by atoms with Crippen LogP contribution in [0.3, 0.4) is 0 Å². The number of pyridine rings is 1. The summed E-state index contributed by atoms with van der Waals surface area (Å²) >= 11 is 0.